The van der Waals surface area contributed by atoms with E-state index in [2.05, 4.69) is 37.6 Å². The molecule has 0 bridgehead atoms. The molecule has 3 heterocycles. The number of alkyl halides is 3. The number of aromatic nitrogens is 4. The van der Waals surface area contributed by atoms with Crippen molar-refractivity contribution in [3.8, 4) is 0 Å². The van der Waals surface area contributed by atoms with E-state index >= 15 is 0 Å². The number of rotatable bonds is 4. The van der Waals surface area contributed by atoms with E-state index in [1.165, 1.54) is 13.0 Å². The first-order valence-corrected chi connectivity index (χ1v) is 11.2. The van der Waals surface area contributed by atoms with E-state index < -0.39 is 17.8 Å². The normalized spacial score (nSPS) is 14.8. The van der Waals surface area contributed by atoms with E-state index in [1.807, 2.05) is 36.9 Å². The SMILES string of the molecule is Cc1c(C(C)Nc2nnc(C)c3ccc(N4CCn5nccc5C4)cc23)cccc1C(F)(F)F. The average Bonchev–Trinajstić information content (AvgIpc) is 3.28. The zero-order valence-corrected chi connectivity index (χ0v) is 19.2. The van der Waals surface area contributed by atoms with Gasteiger partial charge in [-0.3, -0.25) is 4.68 Å². The summed E-state index contributed by atoms with van der Waals surface area (Å²) in [4.78, 5) is 2.29. The summed E-state index contributed by atoms with van der Waals surface area (Å²) in [7, 11) is 0. The highest BCUT2D eigenvalue weighted by atomic mass is 19.4. The maximum absolute atomic E-state index is 13.4. The summed E-state index contributed by atoms with van der Waals surface area (Å²) in [5.41, 5.74) is 3.17. The molecule has 0 spiro atoms. The van der Waals surface area contributed by atoms with Gasteiger partial charge in [0.15, 0.2) is 5.82 Å². The molecule has 0 aliphatic carbocycles. The smallest absolute Gasteiger partial charge is 0.364 e. The summed E-state index contributed by atoms with van der Waals surface area (Å²) >= 11 is 0. The Balaban J connectivity index is 1.49. The summed E-state index contributed by atoms with van der Waals surface area (Å²) in [5.74, 6) is 0.550. The molecule has 1 atom stereocenters. The van der Waals surface area contributed by atoms with Gasteiger partial charge in [0.2, 0.25) is 0 Å². The third-order valence-corrected chi connectivity index (χ3v) is 6.55. The Morgan fingerprint density at radius 2 is 1.82 bits per heavy atom. The van der Waals surface area contributed by atoms with Crippen molar-refractivity contribution in [1.82, 2.24) is 20.0 Å². The van der Waals surface area contributed by atoms with Crippen molar-refractivity contribution in [3.05, 3.63) is 76.7 Å². The second-order valence-corrected chi connectivity index (χ2v) is 8.71. The number of anilines is 2. The number of halogens is 3. The van der Waals surface area contributed by atoms with Gasteiger partial charge in [0.25, 0.3) is 0 Å². The van der Waals surface area contributed by atoms with Crippen LogP contribution in [0.5, 0.6) is 0 Å². The van der Waals surface area contributed by atoms with Crippen LogP contribution < -0.4 is 10.2 Å². The highest BCUT2D eigenvalue weighted by Crippen LogP contribution is 2.36. The van der Waals surface area contributed by atoms with Gasteiger partial charge in [-0.05, 0) is 56.2 Å². The Morgan fingerprint density at radius 1 is 1.00 bits per heavy atom. The van der Waals surface area contributed by atoms with Gasteiger partial charge < -0.3 is 10.2 Å². The number of hydrogen-bond acceptors (Lipinski definition) is 5. The Morgan fingerprint density at radius 3 is 2.62 bits per heavy atom. The molecule has 1 N–H and O–H groups in total. The largest absolute Gasteiger partial charge is 0.416 e. The van der Waals surface area contributed by atoms with Crippen LogP contribution in [-0.2, 0) is 19.3 Å². The van der Waals surface area contributed by atoms with Crippen LogP contribution in [0.1, 0.15) is 41.0 Å². The van der Waals surface area contributed by atoms with Crippen LogP contribution in [0.25, 0.3) is 10.8 Å². The Bertz CT molecular complexity index is 1360. The number of nitrogens with zero attached hydrogens (tertiary/aromatic N) is 5. The van der Waals surface area contributed by atoms with Crippen LogP contribution in [0, 0.1) is 13.8 Å². The Kier molecular flexibility index (Phi) is 5.42. The molecule has 0 saturated heterocycles. The number of fused-ring (bicyclic) bond motifs is 2. The van der Waals surface area contributed by atoms with Crippen LogP contribution in [0.4, 0.5) is 24.7 Å². The van der Waals surface area contributed by atoms with Crippen molar-refractivity contribution in [2.45, 2.75) is 46.1 Å². The minimum atomic E-state index is -4.39. The molecule has 1 aliphatic heterocycles. The van der Waals surface area contributed by atoms with Crippen molar-refractivity contribution in [3.63, 3.8) is 0 Å². The summed E-state index contributed by atoms with van der Waals surface area (Å²) in [6.07, 6.45) is -2.58. The van der Waals surface area contributed by atoms with E-state index in [0.717, 1.165) is 53.5 Å². The molecule has 1 unspecified atom stereocenters. The van der Waals surface area contributed by atoms with Crippen molar-refractivity contribution in [2.24, 2.45) is 0 Å². The van der Waals surface area contributed by atoms with Gasteiger partial charge in [0.1, 0.15) is 0 Å². The van der Waals surface area contributed by atoms with E-state index in [0.29, 0.717) is 11.4 Å². The molecule has 5 rings (SSSR count). The topological polar surface area (TPSA) is 58.9 Å². The van der Waals surface area contributed by atoms with Crippen molar-refractivity contribution in [1.29, 1.82) is 0 Å². The van der Waals surface area contributed by atoms with Crippen LogP contribution in [0.3, 0.4) is 0 Å². The third kappa shape index (κ3) is 3.95. The van der Waals surface area contributed by atoms with E-state index in [4.69, 9.17) is 0 Å². The van der Waals surface area contributed by atoms with E-state index in [1.54, 1.807) is 6.07 Å². The molecule has 2 aromatic heterocycles. The lowest BCUT2D eigenvalue weighted by atomic mass is 9.97. The molecule has 0 fully saturated rings. The molecule has 9 heteroatoms. The Hall–Kier alpha value is -3.62. The van der Waals surface area contributed by atoms with Crippen LogP contribution in [0.2, 0.25) is 0 Å². The van der Waals surface area contributed by atoms with Crippen molar-refractivity contribution >= 4 is 22.3 Å². The van der Waals surface area contributed by atoms with Gasteiger partial charge in [0.05, 0.1) is 36.1 Å². The number of benzene rings is 2. The molecule has 176 valence electrons. The van der Waals surface area contributed by atoms with E-state index in [-0.39, 0.29) is 5.56 Å². The number of aryl methyl sites for hydroxylation is 1. The van der Waals surface area contributed by atoms with Gasteiger partial charge in [-0.2, -0.15) is 23.4 Å². The first-order valence-electron chi connectivity index (χ1n) is 11.2. The summed E-state index contributed by atoms with van der Waals surface area (Å²) < 4.78 is 42.2. The third-order valence-electron chi connectivity index (χ3n) is 6.55. The Labute approximate surface area is 195 Å². The first kappa shape index (κ1) is 22.2. The summed E-state index contributed by atoms with van der Waals surface area (Å²) in [6, 6.07) is 12.1. The monoisotopic (exact) mass is 466 g/mol. The minimum absolute atomic E-state index is 0.213. The first-order chi connectivity index (χ1) is 16.2. The summed E-state index contributed by atoms with van der Waals surface area (Å²) in [6.45, 7) is 7.65. The van der Waals surface area contributed by atoms with Crippen LogP contribution in [0.15, 0.2) is 48.7 Å². The molecule has 4 aromatic rings. The highest BCUT2D eigenvalue weighted by Gasteiger charge is 2.33. The average molecular weight is 467 g/mol. The fourth-order valence-electron chi connectivity index (χ4n) is 4.70. The molecule has 34 heavy (non-hydrogen) atoms. The summed E-state index contributed by atoms with van der Waals surface area (Å²) in [5, 5.41) is 18.2. The van der Waals surface area contributed by atoms with Gasteiger partial charge in [-0.25, -0.2) is 0 Å². The molecule has 0 saturated carbocycles. The molecule has 2 aromatic carbocycles. The second kappa shape index (κ2) is 8.30. The van der Waals surface area contributed by atoms with E-state index in [9.17, 15) is 13.2 Å². The number of hydrogen-bond donors (Lipinski definition) is 1. The minimum Gasteiger partial charge on any atom is -0.364 e. The lowest BCUT2D eigenvalue weighted by molar-refractivity contribution is -0.138. The highest BCUT2D eigenvalue weighted by molar-refractivity contribution is 5.95. The lowest BCUT2D eigenvalue weighted by Gasteiger charge is -2.30. The number of nitrogens with one attached hydrogen (secondary N) is 1. The van der Waals surface area contributed by atoms with Gasteiger partial charge in [-0.15, -0.1) is 5.10 Å². The fourth-order valence-corrected chi connectivity index (χ4v) is 4.70. The zero-order chi connectivity index (χ0) is 24.0. The standard InChI is InChI=1S/C25H25F3N6/c1-15-20(5-4-6-23(15)25(26,27)28)16(2)30-24-22-13-18(7-8-21(22)17(3)31-32-24)33-11-12-34-19(14-33)9-10-29-34/h4-10,13,16H,11-12,14H2,1-3H3,(H,30,32). The maximum Gasteiger partial charge on any atom is 0.416 e. The molecule has 1 aliphatic rings. The molecule has 6 nitrogen and oxygen atoms in total. The molecule has 0 radical (unpaired) electrons. The van der Waals surface area contributed by atoms with Gasteiger partial charge in [-0.1, -0.05) is 18.2 Å². The molecular weight excluding hydrogens is 441 g/mol. The van der Waals surface area contributed by atoms with Crippen molar-refractivity contribution < 1.29 is 13.2 Å². The zero-order valence-electron chi connectivity index (χ0n) is 19.2. The molecular formula is C25H25F3N6. The van der Waals surface area contributed by atoms with Crippen molar-refractivity contribution in [2.75, 3.05) is 16.8 Å². The maximum atomic E-state index is 13.4. The van der Waals surface area contributed by atoms with Gasteiger partial charge in [0, 0.05) is 29.2 Å². The molecule has 0 amide bonds. The predicted molar refractivity (Wildman–Crippen MR) is 126 cm³/mol. The lowest BCUT2D eigenvalue weighted by Crippen LogP contribution is -2.33. The quantitative estimate of drug-likeness (QED) is 0.421. The van der Waals surface area contributed by atoms with Crippen LogP contribution >= 0.6 is 0 Å². The fraction of sp³-hybridized carbons (Fsp3) is 0.320. The van der Waals surface area contributed by atoms with Crippen LogP contribution in [-0.4, -0.2) is 26.5 Å². The second-order valence-electron chi connectivity index (χ2n) is 8.71. The predicted octanol–water partition coefficient (Wildman–Crippen LogP) is 5.66. The van der Waals surface area contributed by atoms with Gasteiger partial charge >= 0.3 is 6.18 Å².